The first-order valence-corrected chi connectivity index (χ1v) is 8.49. The maximum absolute atomic E-state index is 11.5. The zero-order chi connectivity index (χ0) is 16.3. The van der Waals surface area contributed by atoms with E-state index in [2.05, 4.69) is 34.2 Å². The van der Waals surface area contributed by atoms with Crippen molar-refractivity contribution in [1.82, 2.24) is 20.4 Å². The van der Waals surface area contributed by atoms with Crippen LogP contribution in [0.15, 0.2) is 4.52 Å². The number of ether oxygens (including phenoxy) is 1. The molecule has 2 aliphatic heterocycles. The largest absolute Gasteiger partial charge is 0.373 e. The summed E-state index contributed by atoms with van der Waals surface area (Å²) in [6, 6.07) is 0. The molecule has 0 atom stereocenters. The van der Waals surface area contributed by atoms with Gasteiger partial charge >= 0.3 is 0 Å². The number of rotatable bonds is 4. The first-order chi connectivity index (χ1) is 11.0. The molecule has 0 bridgehead atoms. The van der Waals surface area contributed by atoms with Gasteiger partial charge in [-0.05, 0) is 18.8 Å². The summed E-state index contributed by atoms with van der Waals surface area (Å²) >= 11 is 0. The Morgan fingerprint density at radius 2 is 2.13 bits per heavy atom. The number of aromatic nitrogens is 2. The van der Waals surface area contributed by atoms with Gasteiger partial charge in [-0.15, -0.1) is 0 Å². The molecule has 0 saturated carbocycles. The minimum Gasteiger partial charge on any atom is -0.373 e. The maximum atomic E-state index is 11.5. The molecule has 7 nitrogen and oxygen atoms in total. The van der Waals surface area contributed by atoms with Crippen LogP contribution in [0.5, 0.6) is 0 Å². The van der Waals surface area contributed by atoms with Crippen LogP contribution in [0.1, 0.15) is 44.8 Å². The molecule has 0 unspecified atom stereocenters. The first-order valence-electron chi connectivity index (χ1n) is 8.49. The molecule has 2 fully saturated rings. The Balaban J connectivity index is 1.51. The predicted octanol–water partition coefficient (Wildman–Crippen LogP) is 1.14. The molecule has 128 valence electrons. The smallest absolute Gasteiger partial charge is 0.226 e. The molecule has 3 heterocycles. The summed E-state index contributed by atoms with van der Waals surface area (Å²) in [5, 5.41) is 7.05. The van der Waals surface area contributed by atoms with E-state index < -0.39 is 0 Å². The van der Waals surface area contributed by atoms with Crippen LogP contribution in [0.3, 0.4) is 0 Å². The predicted molar refractivity (Wildman–Crippen MR) is 83.7 cm³/mol. The number of nitrogens with zero attached hydrogens (tertiary/aromatic N) is 3. The van der Waals surface area contributed by atoms with Gasteiger partial charge in [-0.3, -0.25) is 9.69 Å². The number of hydrogen-bond donors (Lipinski definition) is 1. The van der Waals surface area contributed by atoms with Crippen LogP contribution in [-0.2, 0) is 22.5 Å². The molecule has 0 radical (unpaired) electrons. The lowest BCUT2D eigenvalue weighted by molar-refractivity contribution is -0.120. The summed E-state index contributed by atoms with van der Waals surface area (Å²) in [5.74, 6) is 2.08. The molecule has 1 spiro atoms. The minimum absolute atomic E-state index is 0.0915. The fourth-order valence-corrected chi connectivity index (χ4v) is 3.19. The third kappa shape index (κ3) is 4.29. The van der Waals surface area contributed by atoms with Crippen LogP contribution in [-0.4, -0.2) is 52.8 Å². The molecule has 2 saturated heterocycles. The highest BCUT2D eigenvalue weighted by molar-refractivity contribution is 5.76. The number of carbonyl (C=O) groups excluding carboxylic acids is 1. The molecule has 23 heavy (non-hydrogen) atoms. The van der Waals surface area contributed by atoms with Gasteiger partial charge in [0.15, 0.2) is 5.82 Å². The van der Waals surface area contributed by atoms with Crippen LogP contribution < -0.4 is 5.32 Å². The molecule has 7 heteroatoms. The van der Waals surface area contributed by atoms with E-state index >= 15 is 0 Å². The van der Waals surface area contributed by atoms with Gasteiger partial charge in [-0.2, -0.15) is 4.98 Å². The lowest BCUT2D eigenvalue weighted by Crippen LogP contribution is -2.50. The molecule has 2 aliphatic rings. The van der Waals surface area contributed by atoms with Crippen molar-refractivity contribution < 1.29 is 14.1 Å². The van der Waals surface area contributed by atoms with E-state index in [1.54, 1.807) is 0 Å². The SMILES string of the molecule is CC(C)Cc1nc(CN2CCC3(CC2)CNC(=O)CCO3)no1. The highest BCUT2D eigenvalue weighted by Crippen LogP contribution is 2.28. The second-order valence-electron chi connectivity index (χ2n) is 7.04. The maximum Gasteiger partial charge on any atom is 0.226 e. The van der Waals surface area contributed by atoms with Crippen LogP contribution in [0.4, 0.5) is 0 Å². The van der Waals surface area contributed by atoms with Gasteiger partial charge in [0.2, 0.25) is 11.8 Å². The van der Waals surface area contributed by atoms with Crippen LogP contribution >= 0.6 is 0 Å². The standard InChI is InChI=1S/C16H26N4O3/c1-12(2)9-15-18-13(19-23-15)10-20-6-4-16(5-7-20)11-17-14(21)3-8-22-16/h12H,3-11H2,1-2H3,(H,17,21). The zero-order valence-electron chi connectivity index (χ0n) is 14.0. The van der Waals surface area contributed by atoms with Crippen molar-refractivity contribution in [3.05, 3.63) is 11.7 Å². The summed E-state index contributed by atoms with van der Waals surface area (Å²) in [7, 11) is 0. The minimum atomic E-state index is -0.192. The van der Waals surface area contributed by atoms with Gasteiger partial charge in [0, 0.05) is 32.5 Å². The van der Waals surface area contributed by atoms with Crippen molar-refractivity contribution >= 4 is 5.91 Å². The van der Waals surface area contributed by atoms with E-state index in [1.165, 1.54) is 0 Å². The summed E-state index contributed by atoms with van der Waals surface area (Å²) in [5.41, 5.74) is -0.192. The van der Waals surface area contributed by atoms with E-state index in [0.717, 1.165) is 44.1 Å². The first kappa shape index (κ1) is 16.4. The van der Waals surface area contributed by atoms with Crippen LogP contribution in [0.2, 0.25) is 0 Å². The van der Waals surface area contributed by atoms with E-state index in [4.69, 9.17) is 9.26 Å². The third-order valence-corrected chi connectivity index (χ3v) is 4.57. The van der Waals surface area contributed by atoms with Gasteiger partial charge in [-0.25, -0.2) is 0 Å². The number of amides is 1. The topological polar surface area (TPSA) is 80.5 Å². The molecular formula is C16H26N4O3. The van der Waals surface area contributed by atoms with E-state index in [1.807, 2.05) is 0 Å². The van der Waals surface area contributed by atoms with E-state index in [9.17, 15) is 4.79 Å². The molecule has 1 aromatic heterocycles. The number of nitrogens with one attached hydrogen (secondary N) is 1. The lowest BCUT2D eigenvalue weighted by atomic mass is 9.91. The van der Waals surface area contributed by atoms with Crippen LogP contribution in [0, 0.1) is 5.92 Å². The molecule has 0 aromatic carbocycles. The quantitative estimate of drug-likeness (QED) is 0.895. The number of likely N-dealkylation sites (tertiary alicyclic amines) is 1. The van der Waals surface area contributed by atoms with Gasteiger partial charge in [0.1, 0.15) is 0 Å². The second-order valence-corrected chi connectivity index (χ2v) is 7.04. The third-order valence-electron chi connectivity index (χ3n) is 4.57. The molecule has 1 N–H and O–H groups in total. The van der Waals surface area contributed by atoms with Crippen molar-refractivity contribution in [1.29, 1.82) is 0 Å². The second kappa shape index (κ2) is 6.97. The van der Waals surface area contributed by atoms with Crippen molar-refractivity contribution in [3.63, 3.8) is 0 Å². The Morgan fingerprint density at radius 3 is 2.87 bits per heavy atom. The fourth-order valence-electron chi connectivity index (χ4n) is 3.19. The number of piperidine rings is 1. The molecule has 1 amide bonds. The summed E-state index contributed by atoms with van der Waals surface area (Å²) in [6.45, 7) is 7.98. The van der Waals surface area contributed by atoms with E-state index in [-0.39, 0.29) is 11.5 Å². The van der Waals surface area contributed by atoms with Crippen molar-refractivity contribution in [2.75, 3.05) is 26.2 Å². The van der Waals surface area contributed by atoms with Gasteiger partial charge < -0.3 is 14.6 Å². The number of hydrogen-bond acceptors (Lipinski definition) is 6. The fraction of sp³-hybridized carbons (Fsp3) is 0.812. The Labute approximate surface area is 136 Å². The Bertz CT molecular complexity index is 535. The normalized spacial score (nSPS) is 22.3. The molecule has 1 aromatic rings. The Morgan fingerprint density at radius 1 is 1.35 bits per heavy atom. The van der Waals surface area contributed by atoms with Crippen molar-refractivity contribution in [2.24, 2.45) is 5.92 Å². The average molecular weight is 322 g/mol. The molecule has 0 aliphatic carbocycles. The van der Waals surface area contributed by atoms with E-state index in [0.29, 0.717) is 32.0 Å². The van der Waals surface area contributed by atoms with Gasteiger partial charge in [0.25, 0.3) is 0 Å². The summed E-state index contributed by atoms with van der Waals surface area (Å²) in [6.07, 6.45) is 3.13. The average Bonchev–Trinajstić information content (AvgIpc) is 2.85. The number of carbonyl (C=O) groups is 1. The highest BCUT2D eigenvalue weighted by atomic mass is 16.5. The Hall–Kier alpha value is -1.47. The Kier molecular flexibility index (Phi) is 4.96. The van der Waals surface area contributed by atoms with Crippen molar-refractivity contribution in [3.8, 4) is 0 Å². The molecule has 3 rings (SSSR count). The highest BCUT2D eigenvalue weighted by Gasteiger charge is 2.37. The lowest BCUT2D eigenvalue weighted by Gasteiger charge is -2.40. The van der Waals surface area contributed by atoms with Crippen molar-refractivity contribution in [2.45, 2.75) is 51.7 Å². The van der Waals surface area contributed by atoms with Gasteiger partial charge in [-0.1, -0.05) is 19.0 Å². The monoisotopic (exact) mass is 322 g/mol. The summed E-state index contributed by atoms with van der Waals surface area (Å²) < 4.78 is 11.3. The van der Waals surface area contributed by atoms with Gasteiger partial charge in [0.05, 0.1) is 18.8 Å². The zero-order valence-corrected chi connectivity index (χ0v) is 14.0. The molecular weight excluding hydrogens is 296 g/mol. The summed E-state index contributed by atoms with van der Waals surface area (Å²) in [4.78, 5) is 18.3. The van der Waals surface area contributed by atoms with Crippen LogP contribution in [0.25, 0.3) is 0 Å².